The second-order valence-electron chi connectivity index (χ2n) is 6.81. The number of aromatic nitrogens is 1. The van der Waals surface area contributed by atoms with E-state index < -0.39 is 0 Å². The number of hydrogen-bond acceptors (Lipinski definition) is 4. The standard InChI is InChI=1S/C20H23Cl2N3O2/c1-13-7-15(11-23)9-19(24-13)27-16-3-2-6-25(12-16)20(26)10-14-4-5-17(21)18(22)8-14/h4-5,7-9,16H,2-3,6,10-12,23H2,1H3/t16-/m0/s1. The van der Waals surface area contributed by atoms with E-state index in [2.05, 4.69) is 4.98 Å². The van der Waals surface area contributed by atoms with Crippen molar-refractivity contribution < 1.29 is 9.53 Å². The molecule has 0 saturated carbocycles. The predicted octanol–water partition coefficient (Wildman–Crippen LogP) is 3.77. The minimum atomic E-state index is -0.0727. The van der Waals surface area contributed by atoms with Crippen molar-refractivity contribution in [2.45, 2.75) is 38.8 Å². The van der Waals surface area contributed by atoms with Crippen LogP contribution >= 0.6 is 23.2 Å². The maximum atomic E-state index is 12.7. The monoisotopic (exact) mass is 407 g/mol. The third-order valence-electron chi connectivity index (χ3n) is 4.58. The average molecular weight is 408 g/mol. The van der Waals surface area contributed by atoms with Gasteiger partial charge in [-0.1, -0.05) is 29.3 Å². The molecule has 1 aliphatic heterocycles. The van der Waals surface area contributed by atoms with Gasteiger partial charge in [-0.05, 0) is 49.1 Å². The number of carbonyl (C=O) groups is 1. The number of nitrogens with zero attached hydrogens (tertiary/aromatic N) is 2. The number of halogens is 2. The number of amides is 1. The number of carbonyl (C=O) groups excluding carboxylic acids is 1. The van der Waals surface area contributed by atoms with Gasteiger partial charge in [0.2, 0.25) is 11.8 Å². The molecule has 0 spiro atoms. The lowest BCUT2D eigenvalue weighted by atomic mass is 10.1. The van der Waals surface area contributed by atoms with Gasteiger partial charge in [-0.25, -0.2) is 4.98 Å². The van der Waals surface area contributed by atoms with Crippen LogP contribution < -0.4 is 10.5 Å². The Labute approximate surface area is 169 Å². The summed E-state index contributed by atoms with van der Waals surface area (Å²) in [6, 6.07) is 9.09. The molecule has 1 atom stereocenters. The molecule has 1 aromatic heterocycles. The van der Waals surface area contributed by atoms with Gasteiger partial charge in [0.1, 0.15) is 6.10 Å². The Balaban J connectivity index is 1.62. The molecule has 0 radical (unpaired) electrons. The van der Waals surface area contributed by atoms with Crippen molar-refractivity contribution in [3.8, 4) is 5.88 Å². The van der Waals surface area contributed by atoms with E-state index in [1.54, 1.807) is 12.1 Å². The molecular formula is C20H23Cl2N3O2. The average Bonchev–Trinajstić information content (AvgIpc) is 2.64. The molecule has 5 nitrogen and oxygen atoms in total. The minimum Gasteiger partial charge on any atom is -0.472 e. The number of pyridine rings is 1. The quantitative estimate of drug-likeness (QED) is 0.818. The van der Waals surface area contributed by atoms with Crippen LogP contribution in [0.2, 0.25) is 10.0 Å². The van der Waals surface area contributed by atoms with Gasteiger partial charge in [0, 0.05) is 24.8 Å². The second-order valence-corrected chi connectivity index (χ2v) is 7.62. The first-order chi connectivity index (χ1) is 12.9. The zero-order chi connectivity index (χ0) is 19.4. The van der Waals surface area contributed by atoms with E-state index in [4.69, 9.17) is 33.7 Å². The zero-order valence-corrected chi connectivity index (χ0v) is 16.8. The molecule has 27 heavy (non-hydrogen) atoms. The van der Waals surface area contributed by atoms with Crippen LogP contribution in [0.25, 0.3) is 0 Å². The SMILES string of the molecule is Cc1cc(CN)cc(O[C@H]2CCCN(C(=O)Cc3ccc(Cl)c(Cl)c3)C2)n1. The van der Waals surface area contributed by atoms with E-state index in [1.165, 1.54) is 0 Å². The van der Waals surface area contributed by atoms with Gasteiger partial charge in [0.25, 0.3) is 0 Å². The van der Waals surface area contributed by atoms with Gasteiger partial charge in [0.15, 0.2) is 0 Å². The fourth-order valence-corrected chi connectivity index (χ4v) is 3.57. The van der Waals surface area contributed by atoms with E-state index in [1.807, 2.05) is 30.0 Å². The van der Waals surface area contributed by atoms with E-state index >= 15 is 0 Å². The van der Waals surface area contributed by atoms with E-state index in [-0.39, 0.29) is 12.0 Å². The van der Waals surface area contributed by atoms with Gasteiger partial charge in [-0.2, -0.15) is 0 Å². The predicted molar refractivity (Wildman–Crippen MR) is 107 cm³/mol. The smallest absolute Gasteiger partial charge is 0.227 e. The summed E-state index contributed by atoms with van der Waals surface area (Å²) in [4.78, 5) is 18.9. The fourth-order valence-electron chi connectivity index (χ4n) is 3.25. The Morgan fingerprint density at radius 1 is 1.26 bits per heavy atom. The van der Waals surface area contributed by atoms with Crippen molar-refractivity contribution in [2.24, 2.45) is 5.73 Å². The van der Waals surface area contributed by atoms with Crippen molar-refractivity contribution in [3.05, 3.63) is 57.2 Å². The molecule has 1 amide bonds. The Kier molecular flexibility index (Phi) is 6.58. The van der Waals surface area contributed by atoms with E-state index in [9.17, 15) is 4.79 Å². The summed E-state index contributed by atoms with van der Waals surface area (Å²) in [5.74, 6) is 0.626. The normalized spacial score (nSPS) is 17.0. The van der Waals surface area contributed by atoms with E-state index in [0.29, 0.717) is 35.4 Å². The number of hydrogen-bond donors (Lipinski definition) is 1. The third kappa shape index (κ3) is 5.34. The molecule has 1 aromatic carbocycles. The summed E-state index contributed by atoms with van der Waals surface area (Å²) in [6.07, 6.45) is 2.01. The Morgan fingerprint density at radius 3 is 2.81 bits per heavy atom. The highest BCUT2D eigenvalue weighted by molar-refractivity contribution is 6.42. The second kappa shape index (κ2) is 8.91. The third-order valence-corrected chi connectivity index (χ3v) is 5.32. The number of likely N-dealkylation sites (tertiary alicyclic amines) is 1. The van der Waals surface area contributed by atoms with Crippen molar-refractivity contribution in [1.82, 2.24) is 9.88 Å². The Morgan fingerprint density at radius 2 is 2.07 bits per heavy atom. The van der Waals surface area contributed by atoms with Crippen LogP contribution in [0, 0.1) is 6.92 Å². The zero-order valence-electron chi connectivity index (χ0n) is 15.3. The first-order valence-electron chi connectivity index (χ1n) is 9.00. The first-order valence-corrected chi connectivity index (χ1v) is 9.76. The molecule has 2 N–H and O–H groups in total. The number of ether oxygens (including phenoxy) is 1. The number of piperidine rings is 1. The number of rotatable bonds is 5. The van der Waals surface area contributed by atoms with Gasteiger partial charge in [0.05, 0.1) is 23.0 Å². The van der Waals surface area contributed by atoms with Gasteiger partial charge < -0.3 is 15.4 Å². The van der Waals surface area contributed by atoms with Crippen LogP contribution in [-0.4, -0.2) is 35.0 Å². The summed E-state index contributed by atoms with van der Waals surface area (Å²) < 4.78 is 6.04. The van der Waals surface area contributed by atoms with Gasteiger partial charge >= 0.3 is 0 Å². The molecule has 2 aromatic rings. The molecule has 1 aliphatic rings. The molecule has 0 unspecified atom stereocenters. The van der Waals surface area contributed by atoms with Crippen molar-refractivity contribution in [2.75, 3.05) is 13.1 Å². The first kappa shape index (κ1) is 19.9. The van der Waals surface area contributed by atoms with Crippen LogP contribution in [0.3, 0.4) is 0 Å². The topological polar surface area (TPSA) is 68.5 Å². The van der Waals surface area contributed by atoms with Crippen molar-refractivity contribution in [1.29, 1.82) is 0 Å². The molecule has 0 aliphatic carbocycles. The summed E-state index contributed by atoms with van der Waals surface area (Å²) in [6.45, 7) is 3.64. The highest BCUT2D eigenvalue weighted by Gasteiger charge is 2.25. The molecule has 3 rings (SSSR count). The van der Waals surface area contributed by atoms with Crippen molar-refractivity contribution in [3.63, 3.8) is 0 Å². The van der Waals surface area contributed by atoms with Crippen molar-refractivity contribution >= 4 is 29.1 Å². The maximum absolute atomic E-state index is 12.7. The molecule has 2 heterocycles. The lowest BCUT2D eigenvalue weighted by Gasteiger charge is -2.33. The molecule has 144 valence electrons. The summed E-state index contributed by atoms with van der Waals surface area (Å²) >= 11 is 12.0. The largest absolute Gasteiger partial charge is 0.472 e. The lowest BCUT2D eigenvalue weighted by molar-refractivity contribution is -0.133. The number of aryl methyl sites for hydroxylation is 1. The minimum absolute atomic E-state index is 0.0570. The molecule has 1 fully saturated rings. The van der Waals surface area contributed by atoms with Crippen LogP contribution in [0.5, 0.6) is 5.88 Å². The Hall–Kier alpha value is -1.82. The van der Waals surface area contributed by atoms with Crippen LogP contribution in [0.1, 0.15) is 29.7 Å². The summed E-state index contributed by atoms with van der Waals surface area (Å²) in [5, 5.41) is 0.949. The van der Waals surface area contributed by atoms with Crippen LogP contribution in [0.4, 0.5) is 0 Å². The summed E-state index contributed by atoms with van der Waals surface area (Å²) in [5.41, 5.74) is 8.43. The van der Waals surface area contributed by atoms with Crippen LogP contribution in [0.15, 0.2) is 30.3 Å². The fraction of sp³-hybridized carbons (Fsp3) is 0.400. The molecule has 1 saturated heterocycles. The lowest BCUT2D eigenvalue weighted by Crippen LogP contribution is -2.45. The molecule has 0 bridgehead atoms. The molecular weight excluding hydrogens is 385 g/mol. The number of nitrogens with two attached hydrogens (primary N) is 1. The van der Waals surface area contributed by atoms with Gasteiger partial charge in [-0.3, -0.25) is 4.79 Å². The van der Waals surface area contributed by atoms with E-state index in [0.717, 1.165) is 36.2 Å². The Bertz CT molecular complexity index is 829. The summed E-state index contributed by atoms with van der Waals surface area (Å²) in [7, 11) is 0. The highest BCUT2D eigenvalue weighted by Crippen LogP contribution is 2.24. The highest BCUT2D eigenvalue weighted by atomic mass is 35.5. The van der Waals surface area contributed by atoms with Crippen LogP contribution in [-0.2, 0) is 17.8 Å². The maximum Gasteiger partial charge on any atom is 0.227 e. The van der Waals surface area contributed by atoms with Gasteiger partial charge in [-0.15, -0.1) is 0 Å². The molecule has 7 heteroatoms. The number of benzene rings is 1.